The van der Waals surface area contributed by atoms with Crippen molar-refractivity contribution < 1.29 is 25.2 Å². The van der Waals surface area contributed by atoms with Gasteiger partial charge in [-0.1, -0.05) is 160 Å². The van der Waals surface area contributed by atoms with Gasteiger partial charge in [-0.3, -0.25) is 4.79 Å². The number of rotatable bonds is 34. The Balaban J connectivity index is 3.83. The van der Waals surface area contributed by atoms with E-state index >= 15 is 0 Å². The number of carbonyl (C=O) groups is 1. The molecule has 0 saturated heterocycles. The third kappa shape index (κ3) is 28.7. The fourth-order valence-corrected chi connectivity index (χ4v) is 5.77. The second-order valence-corrected chi connectivity index (χ2v) is 13.3. The molecule has 0 heterocycles. The number of hydrogen-bond acceptors (Lipinski definition) is 5. The highest BCUT2D eigenvalue weighted by atomic mass is 16.3. The van der Waals surface area contributed by atoms with Crippen LogP contribution in [-0.4, -0.2) is 57.3 Å². The van der Waals surface area contributed by atoms with Crippen molar-refractivity contribution in [3.05, 3.63) is 24.3 Å². The third-order valence-corrected chi connectivity index (χ3v) is 8.89. The van der Waals surface area contributed by atoms with Gasteiger partial charge in [0.2, 0.25) is 5.91 Å². The zero-order chi connectivity index (χ0) is 33.2. The molecule has 0 bridgehead atoms. The summed E-state index contributed by atoms with van der Waals surface area (Å²) in [7, 11) is 0. The summed E-state index contributed by atoms with van der Waals surface area (Å²) in [5, 5.41) is 43.3. The molecule has 0 spiro atoms. The molecular weight excluding hydrogens is 562 g/mol. The van der Waals surface area contributed by atoms with E-state index in [1.165, 1.54) is 116 Å². The SMILES string of the molecule is CCCCCCCCCCCCC/C=C/CC/C=C/CCCC(O)C(O)C(CO)NC(=O)C(O)CCCCCCCCCCC. The van der Waals surface area contributed by atoms with E-state index in [-0.39, 0.29) is 0 Å². The van der Waals surface area contributed by atoms with E-state index in [0.717, 1.165) is 38.5 Å². The molecule has 4 unspecified atom stereocenters. The third-order valence-electron chi connectivity index (χ3n) is 8.89. The van der Waals surface area contributed by atoms with Crippen LogP contribution in [0.15, 0.2) is 24.3 Å². The molecule has 0 aromatic carbocycles. The fourth-order valence-electron chi connectivity index (χ4n) is 5.77. The van der Waals surface area contributed by atoms with E-state index in [9.17, 15) is 25.2 Å². The zero-order valence-corrected chi connectivity index (χ0v) is 29.6. The molecule has 6 nitrogen and oxygen atoms in total. The van der Waals surface area contributed by atoms with Crippen molar-refractivity contribution in [1.29, 1.82) is 0 Å². The van der Waals surface area contributed by atoms with Gasteiger partial charge < -0.3 is 25.7 Å². The first kappa shape index (κ1) is 43.8. The Morgan fingerprint density at radius 3 is 1.40 bits per heavy atom. The highest BCUT2D eigenvalue weighted by molar-refractivity contribution is 5.80. The summed E-state index contributed by atoms with van der Waals surface area (Å²) in [6.07, 6.45) is 36.4. The predicted molar refractivity (Wildman–Crippen MR) is 191 cm³/mol. The topological polar surface area (TPSA) is 110 Å². The molecule has 4 atom stereocenters. The van der Waals surface area contributed by atoms with Crippen molar-refractivity contribution in [3.63, 3.8) is 0 Å². The van der Waals surface area contributed by atoms with Crippen LogP contribution in [0.4, 0.5) is 0 Å². The smallest absolute Gasteiger partial charge is 0.249 e. The first-order valence-electron chi connectivity index (χ1n) is 19.2. The van der Waals surface area contributed by atoms with Crippen LogP contribution in [0.2, 0.25) is 0 Å². The van der Waals surface area contributed by atoms with E-state index in [1.807, 2.05) is 0 Å². The fraction of sp³-hybridized carbons (Fsp3) is 0.872. The van der Waals surface area contributed by atoms with Gasteiger partial charge >= 0.3 is 0 Å². The number of amides is 1. The number of allylic oxidation sites excluding steroid dienone is 4. The van der Waals surface area contributed by atoms with Gasteiger partial charge in [0.1, 0.15) is 12.2 Å². The molecule has 0 aromatic rings. The van der Waals surface area contributed by atoms with Crippen LogP contribution in [0.25, 0.3) is 0 Å². The maximum Gasteiger partial charge on any atom is 0.249 e. The normalized spacial score (nSPS) is 14.7. The minimum atomic E-state index is -1.28. The van der Waals surface area contributed by atoms with E-state index in [1.54, 1.807) is 0 Å². The van der Waals surface area contributed by atoms with E-state index in [0.29, 0.717) is 19.3 Å². The van der Waals surface area contributed by atoms with Crippen molar-refractivity contribution in [1.82, 2.24) is 5.32 Å². The number of hydrogen-bond donors (Lipinski definition) is 5. The van der Waals surface area contributed by atoms with Gasteiger partial charge in [0.05, 0.1) is 18.8 Å². The van der Waals surface area contributed by atoms with Crippen LogP contribution in [0.5, 0.6) is 0 Å². The van der Waals surface area contributed by atoms with Crippen LogP contribution < -0.4 is 5.32 Å². The molecule has 0 aliphatic heterocycles. The molecule has 0 aliphatic rings. The predicted octanol–water partition coefficient (Wildman–Crippen LogP) is 9.23. The Kier molecular flexibility index (Phi) is 33.2. The molecule has 5 N–H and O–H groups in total. The highest BCUT2D eigenvalue weighted by Gasteiger charge is 2.28. The molecule has 0 aromatic heterocycles. The minimum absolute atomic E-state index is 0.361. The van der Waals surface area contributed by atoms with Gasteiger partial charge in [-0.05, 0) is 51.4 Å². The van der Waals surface area contributed by atoms with Gasteiger partial charge in [0.25, 0.3) is 0 Å². The van der Waals surface area contributed by atoms with Gasteiger partial charge in [0.15, 0.2) is 0 Å². The van der Waals surface area contributed by atoms with Crippen molar-refractivity contribution >= 4 is 5.91 Å². The highest BCUT2D eigenvalue weighted by Crippen LogP contribution is 2.14. The van der Waals surface area contributed by atoms with E-state index in [2.05, 4.69) is 43.5 Å². The zero-order valence-electron chi connectivity index (χ0n) is 29.6. The lowest BCUT2D eigenvalue weighted by Crippen LogP contribution is -2.53. The molecular formula is C39H75NO5. The van der Waals surface area contributed by atoms with Crippen molar-refractivity contribution in [2.24, 2.45) is 0 Å². The minimum Gasteiger partial charge on any atom is -0.394 e. The Morgan fingerprint density at radius 2 is 0.933 bits per heavy atom. The number of aliphatic hydroxyl groups is 4. The maximum absolute atomic E-state index is 12.4. The lowest BCUT2D eigenvalue weighted by molar-refractivity contribution is -0.132. The van der Waals surface area contributed by atoms with Gasteiger partial charge in [0, 0.05) is 0 Å². The first-order valence-corrected chi connectivity index (χ1v) is 19.2. The average molecular weight is 638 g/mol. The van der Waals surface area contributed by atoms with E-state index < -0.39 is 36.9 Å². The molecule has 0 saturated carbocycles. The van der Waals surface area contributed by atoms with Gasteiger partial charge in [-0.15, -0.1) is 0 Å². The molecule has 0 fully saturated rings. The number of nitrogens with one attached hydrogen (secondary N) is 1. The van der Waals surface area contributed by atoms with Crippen LogP contribution in [0.3, 0.4) is 0 Å². The van der Waals surface area contributed by atoms with Crippen molar-refractivity contribution in [2.45, 2.75) is 212 Å². The van der Waals surface area contributed by atoms with Crippen LogP contribution in [0, 0.1) is 0 Å². The summed E-state index contributed by atoms with van der Waals surface area (Å²) in [5.41, 5.74) is 0. The maximum atomic E-state index is 12.4. The Bertz CT molecular complexity index is 682. The largest absolute Gasteiger partial charge is 0.394 e. The molecule has 0 rings (SSSR count). The standard InChI is InChI=1S/C39H75NO5/c1-3-5-7-9-11-13-14-15-16-17-18-19-20-21-22-23-25-26-28-30-32-36(42)38(44)35(34-41)40-39(45)37(43)33-31-29-27-24-12-10-8-6-4-2/h20-21,25-26,35-38,41-44H,3-19,22-24,27-34H2,1-2H3,(H,40,45)/b21-20+,26-25+. The lowest BCUT2D eigenvalue weighted by Gasteiger charge is -2.27. The molecule has 0 aliphatic carbocycles. The summed E-state index contributed by atoms with van der Waals surface area (Å²) in [6, 6.07) is -1.00. The lowest BCUT2D eigenvalue weighted by atomic mass is 10.00. The Labute approximate surface area is 278 Å². The second-order valence-electron chi connectivity index (χ2n) is 13.3. The molecule has 0 radical (unpaired) electrons. The molecule has 45 heavy (non-hydrogen) atoms. The molecule has 6 heteroatoms. The number of aliphatic hydroxyl groups excluding tert-OH is 4. The molecule has 1 amide bonds. The number of carbonyl (C=O) groups excluding carboxylic acids is 1. The van der Waals surface area contributed by atoms with E-state index in [4.69, 9.17) is 0 Å². The van der Waals surface area contributed by atoms with Crippen LogP contribution >= 0.6 is 0 Å². The average Bonchev–Trinajstić information content (AvgIpc) is 3.04. The van der Waals surface area contributed by atoms with Crippen molar-refractivity contribution in [3.8, 4) is 0 Å². The summed E-state index contributed by atoms with van der Waals surface area (Å²) < 4.78 is 0. The second kappa shape index (κ2) is 34.1. The molecule has 266 valence electrons. The van der Waals surface area contributed by atoms with Gasteiger partial charge in [-0.2, -0.15) is 0 Å². The van der Waals surface area contributed by atoms with Crippen LogP contribution in [-0.2, 0) is 4.79 Å². The van der Waals surface area contributed by atoms with Crippen LogP contribution in [0.1, 0.15) is 187 Å². The number of unbranched alkanes of at least 4 members (excludes halogenated alkanes) is 21. The summed E-state index contributed by atoms with van der Waals surface area (Å²) in [5.74, 6) is -0.601. The Morgan fingerprint density at radius 1 is 0.533 bits per heavy atom. The Hall–Kier alpha value is -1.21. The van der Waals surface area contributed by atoms with Crippen molar-refractivity contribution in [2.75, 3.05) is 6.61 Å². The first-order chi connectivity index (χ1) is 22.0. The quantitative estimate of drug-likeness (QED) is 0.0357. The monoisotopic (exact) mass is 638 g/mol. The summed E-state index contributed by atoms with van der Waals surface area (Å²) in [4.78, 5) is 12.4. The summed E-state index contributed by atoms with van der Waals surface area (Å²) in [6.45, 7) is 3.99. The summed E-state index contributed by atoms with van der Waals surface area (Å²) >= 11 is 0. The van der Waals surface area contributed by atoms with Gasteiger partial charge in [-0.25, -0.2) is 0 Å².